The minimum absolute atomic E-state index is 0.0682. The third-order valence-electron chi connectivity index (χ3n) is 5.13. The number of rotatable bonds is 35. The van der Waals surface area contributed by atoms with E-state index in [-0.39, 0.29) is 65.4 Å². The lowest BCUT2D eigenvalue weighted by Crippen LogP contribution is -2.27. The van der Waals surface area contributed by atoms with Crippen molar-refractivity contribution >= 4 is 5.91 Å². The molecule has 0 aliphatic carbocycles. The highest BCUT2D eigenvalue weighted by Gasteiger charge is 2.02. The first kappa shape index (κ1) is 41.0. The fraction of sp³-hybridized carbons (Fsp3) is 0.964. The molecule has 1 N–H and O–H groups in total. The zero-order valence-electron chi connectivity index (χ0n) is 26.3. The molecule has 0 atom stereocenters. The molecule has 0 aromatic rings. The van der Waals surface area contributed by atoms with E-state index in [0.29, 0.717) is 45.3 Å². The summed E-state index contributed by atoms with van der Waals surface area (Å²) in [5.74, 6) is 1.41. The smallest absolute Gasteiger partial charge is 0.220 e. The normalized spacial score (nSPS) is 11.7. The summed E-state index contributed by atoms with van der Waals surface area (Å²) < 4.78 is 10.8. The Kier molecular flexibility index (Phi) is 33.7. The van der Waals surface area contributed by atoms with Crippen LogP contribution in [0.4, 0.5) is 0 Å². The zero-order chi connectivity index (χ0) is 30.8. The summed E-state index contributed by atoms with van der Waals surface area (Å²) in [7, 11) is 0. The average molecular weight is 616 g/mol. The summed E-state index contributed by atoms with van der Waals surface area (Å²) in [6.07, 6.45) is 6.01. The van der Waals surface area contributed by atoms with Crippen LogP contribution in [0.3, 0.4) is 0 Å². The van der Waals surface area contributed by atoms with Crippen LogP contribution in [0.25, 0.3) is 0 Å². The van der Waals surface area contributed by atoms with Crippen LogP contribution >= 0.6 is 0 Å². The number of amides is 1. The van der Waals surface area contributed by atoms with Gasteiger partial charge in [0.05, 0.1) is 19.8 Å². The molecule has 252 valence electrons. The second-order valence-electron chi connectivity index (χ2n) is 9.97. The largest absolute Gasteiger partial charge is 0.379 e. The van der Waals surface area contributed by atoms with Gasteiger partial charge in [-0.2, -0.15) is 0 Å². The van der Waals surface area contributed by atoms with Gasteiger partial charge >= 0.3 is 0 Å². The number of ether oxygens (including phenoxy) is 2. The van der Waals surface area contributed by atoms with E-state index in [2.05, 4.69) is 33.0 Å². The van der Waals surface area contributed by atoms with E-state index < -0.39 is 0 Å². The van der Waals surface area contributed by atoms with E-state index in [4.69, 9.17) is 58.3 Å². The minimum atomic E-state index is 0.0682. The van der Waals surface area contributed by atoms with Gasteiger partial charge in [-0.3, -0.25) is 4.79 Å². The summed E-state index contributed by atoms with van der Waals surface area (Å²) in [4.78, 5) is 61.0. The van der Waals surface area contributed by atoms with Gasteiger partial charge in [0, 0.05) is 19.6 Å². The van der Waals surface area contributed by atoms with Crippen LogP contribution < -0.4 is 5.32 Å². The molecule has 0 rings (SSSR count). The lowest BCUT2D eigenvalue weighted by atomic mass is 10.0. The Morgan fingerprint density at radius 2 is 0.833 bits per heavy atom. The van der Waals surface area contributed by atoms with Crippen molar-refractivity contribution in [1.82, 2.24) is 5.32 Å². The molecule has 0 bridgehead atoms. The standard InChI is InChI=1S/C28H57NO13/c1-26(2)8-6-5-7-9-28(30)29-11-13-32-15-17-34-36-19-21-38-40-23-25-42-41-24-22-39-37-20-18-35-33-16-14-31-12-10-27(3)4/h26-27H,5-25H2,1-4H3,(H,29,30). The molecule has 0 fully saturated rings. The Labute approximate surface area is 251 Å². The van der Waals surface area contributed by atoms with E-state index in [1.165, 1.54) is 12.8 Å². The van der Waals surface area contributed by atoms with E-state index >= 15 is 0 Å². The van der Waals surface area contributed by atoms with Gasteiger partial charge in [0.2, 0.25) is 5.91 Å². The fourth-order valence-corrected chi connectivity index (χ4v) is 2.94. The lowest BCUT2D eigenvalue weighted by molar-refractivity contribution is -0.372. The predicted molar refractivity (Wildman–Crippen MR) is 152 cm³/mol. The molecule has 42 heavy (non-hydrogen) atoms. The predicted octanol–water partition coefficient (Wildman–Crippen LogP) is 3.53. The number of unbranched alkanes of at least 4 members (excludes halogenated alkanes) is 2. The van der Waals surface area contributed by atoms with Crippen LogP contribution in [0, 0.1) is 11.8 Å². The molecule has 0 aromatic carbocycles. The van der Waals surface area contributed by atoms with Gasteiger partial charge in [0.15, 0.2) is 0 Å². The quantitative estimate of drug-likeness (QED) is 0.0632. The number of carbonyl (C=O) groups excluding carboxylic acids is 1. The lowest BCUT2D eigenvalue weighted by Gasteiger charge is -2.08. The summed E-state index contributed by atoms with van der Waals surface area (Å²) in [6, 6.07) is 0. The fourth-order valence-electron chi connectivity index (χ4n) is 2.94. The van der Waals surface area contributed by atoms with Crippen molar-refractivity contribution < 1.29 is 63.1 Å². The maximum atomic E-state index is 11.7. The first-order chi connectivity index (χ1) is 20.5. The highest BCUT2D eigenvalue weighted by Crippen LogP contribution is 2.09. The summed E-state index contributed by atoms with van der Waals surface area (Å²) in [6.45, 7) is 13.3. The summed E-state index contributed by atoms with van der Waals surface area (Å²) in [5, 5.41) is 2.85. The Balaban J connectivity index is 3.10. The second-order valence-corrected chi connectivity index (χ2v) is 9.97. The van der Waals surface area contributed by atoms with Crippen molar-refractivity contribution in [1.29, 1.82) is 0 Å². The van der Waals surface area contributed by atoms with Crippen LogP contribution in [0.2, 0.25) is 0 Å². The molecule has 14 nitrogen and oxygen atoms in total. The molecule has 0 aliphatic heterocycles. The first-order valence-corrected chi connectivity index (χ1v) is 15.2. The molecular weight excluding hydrogens is 558 g/mol. The van der Waals surface area contributed by atoms with Crippen molar-refractivity contribution in [3.63, 3.8) is 0 Å². The SMILES string of the molecule is CC(C)CCCCCC(=O)NCCOCCOOCCOOCCOOCCOOCCOOCCOCCC(C)C. The van der Waals surface area contributed by atoms with E-state index in [1.807, 2.05) is 0 Å². The molecule has 14 heteroatoms. The van der Waals surface area contributed by atoms with Crippen LogP contribution in [0.1, 0.15) is 66.2 Å². The van der Waals surface area contributed by atoms with Crippen molar-refractivity contribution in [2.75, 3.05) is 99.0 Å². The molecule has 0 aromatic heterocycles. The van der Waals surface area contributed by atoms with Gasteiger partial charge in [-0.1, -0.05) is 47.0 Å². The van der Waals surface area contributed by atoms with Crippen LogP contribution in [0.5, 0.6) is 0 Å². The van der Waals surface area contributed by atoms with E-state index in [9.17, 15) is 4.79 Å². The molecule has 0 radical (unpaired) electrons. The Bertz CT molecular complexity index is 544. The van der Waals surface area contributed by atoms with Gasteiger partial charge in [-0.25, -0.2) is 48.9 Å². The summed E-state index contributed by atoms with van der Waals surface area (Å²) >= 11 is 0. The minimum Gasteiger partial charge on any atom is -0.379 e. The van der Waals surface area contributed by atoms with Gasteiger partial charge in [-0.15, -0.1) is 0 Å². The van der Waals surface area contributed by atoms with Crippen molar-refractivity contribution in [2.24, 2.45) is 11.8 Å². The average Bonchev–Trinajstić information content (AvgIpc) is 2.95. The molecule has 0 saturated heterocycles. The van der Waals surface area contributed by atoms with Crippen LogP contribution in [-0.4, -0.2) is 105 Å². The molecule has 0 spiro atoms. The Morgan fingerprint density at radius 3 is 1.24 bits per heavy atom. The molecule has 0 saturated carbocycles. The topological polar surface area (TPSA) is 140 Å². The van der Waals surface area contributed by atoms with Crippen molar-refractivity contribution in [3.05, 3.63) is 0 Å². The monoisotopic (exact) mass is 615 g/mol. The number of carbonyl (C=O) groups is 1. The van der Waals surface area contributed by atoms with E-state index in [1.54, 1.807) is 0 Å². The molecule has 0 unspecified atom stereocenters. The third kappa shape index (κ3) is 37.0. The molecule has 0 heterocycles. The molecule has 1 amide bonds. The molecular formula is C28H57NO13. The Morgan fingerprint density at radius 1 is 0.452 bits per heavy atom. The Hall–Kier alpha value is -1.01. The molecule has 0 aliphatic rings. The van der Waals surface area contributed by atoms with Gasteiger partial charge < -0.3 is 14.8 Å². The van der Waals surface area contributed by atoms with Crippen molar-refractivity contribution in [3.8, 4) is 0 Å². The van der Waals surface area contributed by atoms with Crippen LogP contribution in [0.15, 0.2) is 0 Å². The number of hydrogen-bond acceptors (Lipinski definition) is 13. The van der Waals surface area contributed by atoms with Gasteiger partial charge in [-0.05, 0) is 24.7 Å². The highest BCUT2D eigenvalue weighted by atomic mass is 17.2. The van der Waals surface area contributed by atoms with Gasteiger partial charge in [0.1, 0.15) is 66.1 Å². The maximum absolute atomic E-state index is 11.7. The highest BCUT2D eigenvalue weighted by molar-refractivity contribution is 5.75. The maximum Gasteiger partial charge on any atom is 0.220 e. The summed E-state index contributed by atoms with van der Waals surface area (Å²) in [5.41, 5.74) is 0. The number of hydrogen-bond donors (Lipinski definition) is 1. The van der Waals surface area contributed by atoms with Crippen molar-refractivity contribution in [2.45, 2.75) is 66.2 Å². The number of nitrogens with one attached hydrogen (secondary N) is 1. The first-order valence-electron chi connectivity index (χ1n) is 15.2. The zero-order valence-corrected chi connectivity index (χ0v) is 26.3. The van der Waals surface area contributed by atoms with Gasteiger partial charge in [0.25, 0.3) is 0 Å². The second kappa shape index (κ2) is 34.5. The van der Waals surface area contributed by atoms with Crippen LogP contribution in [-0.2, 0) is 63.1 Å². The third-order valence-corrected chi connectivity index (χ3v) is 5.13. The van der Waals surface area contributed by atoms with E-state index in [0.717, 1.165) is 31.8 Å².